The molecule has 2 saturated heterocycles. The molecule has 0 bridgehead atoms. The van der Waals surface area contributed by atoms with Crippen molar-refractivity contribution < 1.29 is 9.53 Å². The minimum absolute atomic E-state index is 0.0226. The van der Waals surface area contributed by atoms with Gasteiger partial charge in [0.2, 0.25) is 0 Å². The second-order valence-corrected chi connectivity index (χ2v) is 7.18. The number of carbonyl (C=O) groups is 1. The van der Waals surface area contributed by atoms with Crippen LogP contribution in [0.5, 0.6) is 0 Å². The van der Waals surface area contributed by atoms with E-state index in [1.807, 2.05) is 4.90 Å². The molecule has 23 heavy (non-hydrogen) atoms. The zero-order valence-electron chi connectivity index (χ0n) is 14.1. The Labute approximate surface area is 136 Å². The fourth-order valence-electron chi connectivity index (χ4n) is 3.99. The number of aromatic nitrogens is 1. The molecule has 0 unspecified atom stereocenters. The molecule has 126 valence electrons. The fraction of sp³-hybridized carbons (Fsp3) is 0.647. The van der Waals surface area contributed by atoms with Crippen LogP contribution in [-0.4, -0.2) is 67.2 Å². The number of carbonyl (C=O) groups excluding carboxylic acids is 1. The normalized spacial score (nSPS) is 27.4. The van der Waals surface area contributed by atoms with Gasteiger partial charge in [-0.25, -0.2) is 0 Å². The maximum absolute atomic E-state index is 12.8. The van der Waals surface area contributed by atoms with E-state index in [1.54, 1.807) is 23.9 Å². The van der Waals surface area contributed by atoms with Gasteiger partial charge in [-0.05, 0) is 19.0 Å². The van der Waals surface area contributed by atoms with Crippen molar-refractivity contribution in [1.29, 1.82) is 0 Å². The van der Waals surface area contributed by atoms with Gasteiger partial charge in [0.1, 0.15) is 0 Å². The Kier molecular flexibility index (Phi) is 4.29. The van der Waals surface area contributed by atoms with Gasteiger partial charge in [0.05, 0.1) is 12.2 Å². The molecule has 0 saturated carbocycles. The van der Waals surface area contributed by atoms with Gasteiger partial charge >= 0.3 is 0 Å². The molecule has 2 aliphatic heterocycles. The molecule has 2 aliphatic rings. The van der Waals surface area contributed by atoms with Crippen LogP contribution in [-0.2, 0) is 11.3 Å². The van der Waals surface area contributed by atoms with E-state index in [2.05, 4.69) is 18.9 Å². The summed E-state index contributed by atoms with van der Waals surface area (Å²) in [6.07, 6.45) is 1.66. The van der Waals surface area contributed by atoms with E-state index in [4.69, 9.17) is 4.74 Å². The first-order valence-electron chi connectivity index (χ1n) is 8.10. The van der Waals surface area contributed by atoms with Crippen molar-refractivity contribution in [1.82, 2.24) is 14.4 Å². The fourth-order valence-corrected chi connectivity index (χ4v) is 3.99. The molecule has 2 atom stereocenters. The highest BCUT2D eigenvalue weighted by molar-refractivity contribution is 5.94. The number of nitrogens with zero attached hydrogens (tertiary/aromatic N) is 3. The van der Waals surface area contributed by atoms with Crippen molar-refractivity contribution in [3.63, 3.8) is 0 Å². The number of likely N-dealkylation sites (tertiary alicyclic amines) is 2. The number of hydrogen-bond acceptors (Lipinski definition) is 4. The molecule has 1 aromatic rings. The molecule has 6 nitrogen and oxygen atoms in total. The summed E-state index contributed by atoms with van der Waals surface area (Å²) in [6, 6.07) is 3.10. The Bertz CT molecular complexity index is 657. The van der Waals surface area contributed by atoms with Crippen molar-refractivity contribution in [2.24, 2.45) is 11.3 Å². The molecule has 3 heterocycles. The van der Waals surface area contributed by atoms with E-state index >= 15 is 0 Å². The van der Waals surface area contributed by atoms with Crippen LogP contribution in [0.4, 0.5) is 0 Å². The number of ether oxygens (including phenoxy) is 1. The van der Waals surface area contributed by atoms with Gasteiger partial charge in [-0.1, -0.05) is 6.92 Å². The smallest absolute Gasteiger partial charge is 0.255 e. The highest BCUT2D eigenvalue weighted by Crippen LogP contribution is 2.41. The predicted molar refractivity (Wildman–Crippen MR) is 87.6 cm³/mol. The van der Waals surface area contributed by atoms with Gasteiger partial charge < -0.3 is 19.1 Å². The van der Waals surface area contributed by atoms with Crippen molar-refractivity contribution in [3.05, 3.63) is 34.2 Å². The molecule has 0 aromatic carbocycles. The van der Waals surface area contributed by atoms with Crippen LogP contribution < -0.4 is 5.56 Å². The standard InChI is InChI=1S/C17H25N3O3/c1-17-11-18(2)9-14(17)10-20(12-17)16(22)13-4-5-15(21)19(8-13)6-7-23-3/h4-5,8,14H,6-7,9-12H2,1-3H3/t14-,17+/m0/s1. The van der Waals surface area contributed by atoms with Crippen LogP contribution >= 0.6 is 0 Å². The number of methoxy groups -OCH3 is 1. The number of fused-ring (bicyclic) bond motifs is 1. The molecule has 0 aliphatic carbocycles. The topological polar surface area (TPSA) is 54.8 Å². The molecule has 0 N–H and O–H groups in total. The predicted octanol–water partition coefficient (Wildman–Crippen LogP) is 0.518. The number of hydrogen-bond donors (Lipinski definition) is 0. The third-order valence-corrected chi connectivity index (χ3v) is 5.20. The van der Waals surface area contributed by atoms with Gasteiger partial charge in [0, 0.05) is 57.5 Å². The molecule has 0 radical (unpaired) electrons. The molecule has 1 amide bonds. The third kappa shape index (κ3) is 3.05. The Morgan fingerprint density at radius 3 is 2.83 bits per heavy atom. The Morgan fingerprint density at radius 1 is 1.35 bits per heavy atom. The maximum Gasteiger partial charge on any atom is 0.255 e. The lowest BCUT2D eigenvalue weighted by Gasteiger charge is -2.24. The van der Waals surface area contributed by atoms with Crippen LogP contribution in [0.2, 0.25) is 0 Å². The Hall–Kier alpha value is -1.66. The molecular formula is C17H25N3O3. The SMILES string of the molecule is COCCn1cc(C(=O)N2C[C@@H]3CN(C)C[C@]3(C)C2)ccc1=O. The molecule has 6 heteroatoms. The summed E-state index contributed by atoms with van der Waals surface area (Å²) in [5, 5.41) is 0. The highest BCUT2D eigenvalue weighted by atomic mass is 16.5. The van der Waals surface area contributed by atoms with E-state index < -0.39 is 0 Å². The molecule has 0 spiro atoms. The maximum atomic E-state index is 12.8. The van der Waals surface area contributed by atoms with Gasteiger partial charge in [-0.2, -0.15) is 0 Å². The minimum Gasteiger partial charge on any atom is -0.383 e. The van der Waals surface area contributed by atoms with Gasteiger partial charge in [0.25, 0.3) is 11.5 Å². The van der Waals surface area contributed by atoms with E-state index in [0.29, 0.717) is 24.6 Å². The number of pyridine rings is 1. The molecule has 3 rings (SSSR count). The van der Waals surface area contributed by atoms with Crippen molar-refractivity contribution in [3.8, 4) is 0 Å². The van der Waals surface area contributed by atoms with Crippen LogP contribution in [0.25, 0.3) is 0 Å². The highest BCUT2D eigenvalue weighted by Gasteiger charge is 2.49. The summed E-state index contributed by atoms with van der Waals surface area (Å²) < 4.78 is 6.56. The quantitative estimate of drug-likeness (QED) is 0.812. The summed E-state index contributed by atoms with van der Waals surface area (Å²) in [6.45, 7) is 6.86. The minimum atomic E-state index is -0.106. The largest absolute Gasteiger partial charge is 0.383 e. The van der Waals surface area contributed by atoms with E-state index in [-0.39, 0.29) is 16.9 Å². The number of rotatable bonds is 4. The van der Waals surface area contributed by atoms with Crippen LogP contribution in [0, 0.1) is 11.3 Å². The molecule has 2 fully saturated rings. The Balaban J connectivity index is 1.76. The van der Waals surface area contributed by atoms with Crippen molar-refractivity contribution >= 4 is 5.91 Å². The zero-order chi connectivity index (χ0) is 16.6. The summed E-state index contributed by atoms with van der Waals surface area (Å²) in [4.78, 5) is 28.9. The van der Waals surface area contributed by atoms with Crippen LogP contribution in [0.15, 0.2) is 23.1 Å². The second-order valence-electron chi connectivity index (χ2n) is 7.18. The number of amides is 1. The first-order chi connectivity index (χ1) is 10.9. The summed E-state index contributed by atoms with van der Waals surface area (Å²) in [5.74, 6) is 0.560. The first kappa shape index (κ1) is 16.2. The lowest BCUT2D eigenvalue weighted by Crippen LogP contribution is -2.35. The summed E-state index contributed by atoms with van der Waals surface area (Å²) in [7, 11) is 3.74. The monoisotopic (exact) mass is 319 g/mol. The zero-order valence-corrected chi connectivity index (χ0v) is 14.1. The molecular weight excluding hydrogens is 294 g/mol. The van der Waals surface area contributed by atoms with Crippen LogP contribution in [0.3, 0.4) is 0 Å². The van der Waals surface area contributed by atoms with Gasteiger partial charge in [0.15, 0.2) is 0 Å². The van der Waals surface area contributed by atoms with Crippen molar-refractivity contribution in [2.45, 2.75) is 13.5 Å². The first-order valence-corrected chi connectivity index (χ1v) is 8.10. The van der Waals surface area contributed by atoms with Gasteiger partial charge in [-0.15, -0.1) is 0 Å². The average Bonchev–Trinajstić information content (AvgIpc) is 2.95. The summed E-state index contributed by atoms with van der Waals surface area (Å²) in [5.41, 5.74) is 0.664. The van der Waals surface area contributed by atoms with E-state index in [9.17, 15) is 9.59 Å². The Morgan fingerprint density at radius 2 is 2.13 bits per heavy atom. The van der Waals surface area contributed by atoms with E-state index in [1.165, 1.54) is 6.07 Å². The molecule has 1 aromatic heterocycles. The van der Waals surface area contributed by atoms with Crippen molar-refractivity contribution in [2.75, 3.05) is 46.9 Å². The third-order valence-electron chi connectivity index (χ3n) is 5.20. The lowest BCUT2D eigenvalue weighted by molar-refractivity contribution is 0.0764. The van der Waals surface area contributed by atoms with E-state index in [0.717, 1.165) is 26.2 Å². The van der Waals surface area contributed by atoms with Gasteiger partial charge in [-0.3, -0.25) is 9.59 Å². The lowest BCUT2D eigenvalue weighted by atomic mass is 9.83. The van der Waals surface area contributed by atoms with Crippen LogP contribution in [0.1, 0.15) is 17.3 Å². The summed E-state index contributed by atoms with van der Waals surface area (Å²) >= 11 is 0. The second kappa shape index (κ2) is 6.09. The average molecular weight is 319 g/mol.